The van der Waals surface area contributed by atoms with Crippen LogP contribution in [0, 0.1) is 58.7 Å². The predicted octanol–water partition coefficient (Wildman–Crippen LogP) is 4.97. The maximum Gasteiger partial charge on any atom is 0.303 e. The molecule has 0 saturated heterocycles. The number of carbonyl (C=O) groups is 1. The van der Waals surface area contributed by atoms with Gasteiger partial charge in [0.2, 0.25) is 0 Å². The smallest absolute Gasteiger partial charge is 0.303 e. The molecule has 4 fully saturated rings. The molecule has 12 atom stereocenters. The Balaban J connectivity index is 1.61. The van der Waals surface area contributed by atoms with Crippen molar-refractivity contribution >= 4 is 5.97 Å². The Morgan fingerprint density at radius 1 is 1.10 bits per heavy atom. The molecule has 0 aromatic carbocycles. The van der Waals surface area contributed by atoms with Gasteiger partial charge in [0.1, 0.15) is 0 Å². The van der Waals surface area contributed by atoms with Gasteiger partial charge in [-0.3, -0.25) is 4.79 Å². The van der Waals surface area contributed by atoms with Crippen LogP contribution in [0.25, 0.3) is 0 Å². The van der Waals surface area contributed by atoms with Crippen molar-refractivity contribution in [2.24, 2.45) is 58.7 Å². The van der Waals surface area contributed by atoms with Crippen molar-refractivity contribution < 1.29 is 20.1 Å². The number of hydrogen-bond donors (Lipinski definition) is 3. The van der Waals surface area contributed by atoms with Gasteiger partial charge in [-0.1, -0.05) is 34.1 Å². The highest BCUT2D eigenvalue weighted by molar-refractivity contribution is 5.66. The number of carboxylic acids is 1. The van der Waals surface area contributed by atoms with Gasteiger partial charge in [-0.2, -0.15) is 0 Å². The number of fused-ring (bicyclic) bond motifs is 5. The summed E-state index contributed by atoms with van der Waals surface area (Å²) in [6.07, 6.45) is 8.12. The van der Waals surface area contributed by atoms with Crippen LogP contribution < -0.4 is 0 Å². The van der Waals surface area contributed by atoms with Gasteiger partial charge in [-0.25, -0.2) is 0 Å². The lowest BCUT2D eigenvalue weighted by atomic mass is 9.42. The summed E-state index contributed by atoms with van der Waals surface area (Å²) in [6, 6.07) is 0. The molecule has 0 radical (unpaired) electrons. The molecule has 4 heteroatoms. The zero-order valence-corrected chi connectivity index (χ0v) is 19.5. The molecule has 4 aliphatic rings. The molecule has 0 bridgehead atoms. The van der Waals surface area contributed by atoms with Crippen molar-refractivity contribution in [1.82, 2.24) is 0 Å². The van der Waals surface area contributed by atoms with Gasteiger partial charge < -0.3 is 15.3 Å². The second kappa shape index (κ2) is 8.39. The van der Waals surface area contributed by atoms with E-state index in [1.54, 1.807) is 0 Å². The first kappa shape index (κ1) is 22.6. The summed E-state index contributed by atoms with van der Waals surface area (Å²) in [4.78, 5) is 11.1. The summed E-state index contributed by atoms with van der Waals surface area (Å²) < 4.78 is 0. The van der Waals surface area contributed by atoms with Crippen molar-refractivity contribution in [3.05, 3.63) is 0 Å². The van der Waals surface area contributed by atoms with Crippen molar-refractivity contribution in [3.63, 3.8) is 0 Å². The van der Waals surface area contributed by atoms with E-state index in [9.17, 15) is 15.0 Å². The Hall–Kier alpha value is -0.610. The molecule has 4 nitrogen and oxygen atoms in total. The van der Waals surface area contributed by atoms with Crippen molar-refractivity contribution in [1.29, 1.82) is 0 Å². The summed E-state index contributed by atoms with van der Waals surface area (Å²) in [5.41, 5.74) is 0.246. The molecule has 4 rings (SSSR count). The molecular weight excluding hydrogens is 376 g/mol. The fourth-order valence-electron chi connectivity index (χ4n) is 9.34. The van der Waals surface area contributed by atoms with Crippen LogP contribution in [0.5, 0.6) is 0 Å². The van der Waals surface area contributed by atoms with Gasteiger partial charge in [0.25, 0.3) is 0 Å². The molecule has 4 saturated carbocycles. The summed E-state index contributed by atoms with van der Waals surface area (Å²) in [7, 11) is 0. The van der Waals surface area contributed by atoms with Gasteiger partial charge in [0.15, 0.2) is 0 Å². The van der Waals surface area contributed by atoms with E-state index in [2.05, 4.69) is 27.7 Å². The Labute approximate surface area is 182 Å². The van der Waals surface area contributed by atoms with Gasteiger partial charge in [0.05, 0.1) is 12.2 Å². The second-order valence-corrected chi connectivity index (χ2v) is 11.9. The maximum atomic E-state index is 11.7. The molecule has 3 N–H and O–H groups in total. The Morgan fingerprint density at radius 3 is 2.50 bits per heavy atom. The molecule has 0 aliphatic heterocycles. The highest BCUT2D eigenvalue weighted by Crippen LogP contribution is 2.67. The Morgan fingerprint density at radius 2 is 1.83 bits per heavy atom. The van der Waals surface area contributed by atoms with Crippen molar-refractivity contribution in [2.75, 3.05) is 0 Å². The largest absolute Gasteiger partial charge is 0.481 e. The minimum atomic E-state index is -0.680. The highest BCUT2D eigenvalue weighted by Gasteiger charge is 2.63. The first-order valence-corrected chi connectivity index (χ1v) is 12.8. The van der Waals surface area contributed by atoms with Gasteiger partial charge in [-0.15, -0.1) is 0 Å². The SMILES string of the molecule is CC[C@H]1C(O)C2C3CCC(C(C)CCC(=O)O)C3C(C)CC2[C@@]2(C)CC[C@@H](O)C[C@@H]12. The molecule has 8 unspecified atom stereocenters. The Bertz CT molecular complexity index is 635. The van der Waals surface area contributed by atoms with Gasteiger partial charge in [0, 0.05) is 6.42 Å². The van der Waals surface area contributed by atoms with Crippen LogP contribution in [0.4, 0.5) is 0 Å². The summed E-state index contributed by atoms with van der Waals surface area (Å²) in [5.74, 6) is 3.96. The quantitative estimate of drug-likeness (QED) is 0.587. The summed E-state index contributed by atoms with van der Waals surface area (Å²) in [5, 5.41) is 31.2. The monoisotopic (exact) mass is 420 g/mol. The number of aliphatic hydroxyl groups excluding tert-OH is 2. The maximum absolute atomic E-state index is 11.7. The summed E-state index contributed by atoms with van der Waals surface area (Å²) >= 11 is 0. The lowest BCUT2D eigenvalue weighted by Crippen LogP contribution is -2.61. The van der Waals surface area contributed by atoms with E-state index < -0.39 is 5.97 Å². The summed E-state index contributed by atoms with van der Waals surface area (Å²) in [6.45, 7) is 9.42. The van der Waals surface area contributed by atoms with Crippen LogP contribution in [-0.4, -0.2) is 33.5 Å². The third kappa shape index (κ3) is 3.54. The van der Waals surface area contributed by atoms with E-state index >= 15 is 0 Å². The predicted molar refractivity (Wildman–Crippen MR) is 118 cm³/mol. The standard InChI is InChI=1S/C26H44O4/c1-5-17-20-13-16(27)10-11-26(20,4)21-12-15(3)23-18(14(2)6-9-22(28)29)7-8-19(23)24(21)25(17)30/h14-21,23-25,27,30H,5-13H2,1-4H3,(H,28,29)/t14?,15?,16-,17-,18?,19?,20+,21?,23?,24?,25?,26+/m1/s1. The normalized spacial score (nSPS) is 51.5. The fourth-order valence-corrected chi connectivity index (χ4v) is 9.34. The zero-order chi connectivity index (χ0) is 21.8. The third-order valence-electron chi connectivity index (χ3n) is 10.7. The number of aliphatic carboxylic acids is 1. The number of aliphatic hydroxyl groups is 2. The molecule has 0 amide bonds. The first-order valence-electron chi connectivity index (χ1n) is 12.8. The van der Waals surface area contributed by atoms with E-state index in [0.717, 1.165) is 32.1 Å². The zero-order valence-electron chi connectivity index (χ0n) is 19.5. The highest BCUT2D eigenvalue weighted by atomic mass is 16.4. The average Bonchev–Trinajstić information content (AvgIpc) is 3.14. The van der Waals surface area contributed by atoms with Crippen LogP contribution >= 0.6 is 0 Å². The molecule has 0 aromatic heterocycles. The van der Waals surface area contributed by atoms with Gasteiger partial charge in [-0.05, 0) is 104 Å². The number of hydrogen-bond acceptors (Lipinski definition) is 3. The van der Waals surface area contributed by atoms with E-state index in [1.807, 2.05) is 0 Å². The second-order valence-electron chi connectivity index (χ2n) is 11.9. The van der Waals surface area contributed by atoms with Crippen LogP contribution in [0.3, 0.4) is 0 Å². The molecule has 4 aliphatic carbocycles. The lowest BCUT2D eigenvalue weighted by Gasteiger charge is -2.64. The molecule has 30 heavy (non-hydrogen) atoms. The minimum absolute atomic E-state index is 0.194. The lowest BCUT2D eigenvalue weighted by molar-refractivity contribution is -0.199. The first-order chi connectivity index (χ1) is 14.2. The fraction of sp³-hybridized carbons (Fsp3) is 0.962. The number of carboxylic acid groups (broad SMARTS) is 1. The molecular formula is C26H44O4. The molecule has 172 valence electrons. The Kier molecular flexibility index (Phi) is 6.31. The van der Waals surface area contributed by atoms with E-state index in [1.165, 1.54) is 19.3 Å². The average molecular weight is 421 g/mol. The number of rotatable bonds is 5. The van der Waals surface area contributed by atoms with Crippen molar-refractivity contribution in [3.8, 4) is 0 Å². The van der Waals surface area contributed by atoms with E-state index in [-0.39, 0.29) is 24.0 Å². The van der Waals surface area contributed by atoms with E-state index in [0.29, 0.717) is 53.3 Å². The van der Waals surface area contributed by atoms with E-state index in [4.69, 9.17) is 5.11 Å². The van der Waals surface area contributed by atoms with Gasteiger partial charge >= 0.3 is 5.97 Å². The van der Waals surface area contributed by atoms with Crippen LogP contribution in [0.1, 0.15) is 85.5 Å². The molecule has 0 aromatic rings. The van der Waals surface area contributed by atoms with Crippen LogP contribution in [0.15, 0.2) is 0 Å². The van der Waals surface area contributed by atoms with Crippen LogP contribution in [-0.2, 0) is 4.79 Å². The van der Waals surface area contributed by atoms with Crippen LogP contribution in [0.2, 0.25) is 0 Å². The van der Waals surface area contributed by atoms with Crippen molar-refractivity contribution in [2.45, 2.75) is 97.7 Å². The molecule has 0 spiro atoms. The molecule has 0 heterocycles. The third-order valence-corrected chi connectivity index (χ3v) is 10.7. The topological polar surface area (TPSA) is 77.8 Å². The minimum Gasteiger partial charge on any atom is -0.481 e.